The van der Waals surface area contributed by atoms with Gasteiger partial charge in [-0.2, -0.15) is 0 Å². The van der Waals surface area contributed by atoms with E-state index in [0.717, 1.165) is 44.0 Å². The Hall–Kier alpha value is -1.59. The minimum atomic E-state index is -0.878. The summed E-state index contributed by atoms with van der Waals surface area (Å²) >= 11 is 0. The maximum atomic E-state index is 11.0. The third-order valence-electron chi connectivity index (χ3n) is 3.59. The van der Waals surface area contributed by atoms with Crippen molar-refractivity contribution in [1.29, 1.82) is 0 Å². The molecule has 5 nitrogen and oxygen atoms in total. The first-order chi connectivity index (χ1) is 9.11. The normalized spacial score (nSPS) is 16.6. The molecule has 0 atom stereocenters. The van der Waals surface area contributed by atoms with E-state index < -0.39 is 5.97 Å². The van der Waals surface area contributed by atoms with Crippen molar-refractivity contribution in [3.8, 4) is 0 Å². The van der Waals surface area contributed by atoms with Crippen LogP contribution in [0.1, 0.15) is 15.9 Å². The fourth-order valence-electron chi connectivity index (χ4n) is 2.46. The molecule has 5 heteroatoms. The number of nitrogens with zero attached hydrogens (tertiary/aromatic N) is 2. The van der Waals surface area contributed by atoms with Crippen LogP contribution in [0.25, 0.3) is 0 Å². The van der Waals surface area contributed by atoms with Gasteiger partial charge in [-0.05, 0) is 30.7 Å². The highest BCUT2D eigenvalue weighted by Crippen LogP contribution is 2.20. The van der Waals surface area contributed by atoms with Crippen LogP contribution in [0.5, 0.6) is 0 Å². The van der Waals surface area contributed by atoms with Gasteiger partial charge in [0, 0.05) is 38.4 Å². The summed E-state index contributed by atoms with van der Waals surface area (Å²) in [6, 6.07) is 5.48. The second kappa shape index (κ2) is 6.04. The topological polar surface area (TPSA) is 64.0 Å². The zero-order chi connectivity index (χ0) is 13.8. The Kier molecular flexibility index (Phi) is 4.39. The quantitative estimate of drug-likeness (QED) is 0.842. The highest BCUT2D eigenvalue weighted by Gasteiger charge is 2.17. The summed E-state index contributed by atoms with van der Waals surface area (Å²) in [6.07, 6.45) is 0. The average Bonchev–Trinajstić information content (AvgIpc) is 2.39. The third kappa shape index (κ3) is 3.24. The number of aliphatic hydroxyl groups is 1. The summed E-state index contributed by atoms with van der Waals surface area (Å²) in [5.41, 5.74) is 2.23. The van der Waals surface area contributed by atoms with Gasteiger partial charge in [0.2, 0.25) is 0 Å². The van der Waals surface area contributed by atoms with Gasteiger partial charge in [0.15, 0.2) is 0 Å². The molecule has 2 N–H and O–H groups in total. The molecular formula is C14H20N2O3. The second-order valence-corrected chi connectivity index (χ2v) is 4.86. The van der Waals surface area contributed by atoms with Crippen LogP contribution in [0.15, 0.2) is 18.2 Å². The zero-order valence-electron chi connectivity index (χ0n) is 11.2. The summed E-state index contributed by atoms with van der Waals surface area (Å²) in [5.74, 6) is -0.878. The van der Waals surface area contributed by atoms with E-state index in [4.69, 9.17) is 10.2 Å². The lowest BCUT2D eigenvalue weighted by Crippen LogP contribution is -2.47. The van der Waals surface area contributed by atoms with Crippen molar-refractivity contribution in [3.05, 3.63) is 29.3 Å². The lowest BCUT2D eigenvalue weighted by Gasteiger charge is -2.36. The fourth-order valence-corrected chi connectivity index (χ4v) is 2.46. The van der Waals surface area contributed by atoms with Crippen LogP contribution < -0.4 is 4.90 Å². The molecule has 104 valence electrons. The number of rotatable bonds is 4. The SMILES string of the molecule is Cc1cc(N2CCN(CCO)CC2)ccc1C(=O)O. The summed E-state index contributed by atoms with van der Waals surface area (Å²) in [6.45, 7) is 6.44. The van der Waals surface area contributed by atoms with E-state index in [0.29, 0.717) is 5.56 Å². The van der Waals surface area contributed by atoms with Gasteiger partial charge in [-0.3, -0.25) is 4.90 Å². The van der Waals surface area contributed by atoms with Crippen LogP contribution in [0.2, 0.25) is 0 Å². The number of hydrogen-bond acceptors (Lipinski definition) is 4. The molecule has 0 spiro atoms. The lowest BCUT2D eigenvalue weighted by atomic mass is 10.1. The predicted molar refractivity (Wildman–Crippen MR) is 73.9 cm³/mol. The first-order valence-electron chi connectivity index (χ1n) is 6.54. The highest BCUT2D eigenvalue weighted by atomic mass is 16.4. The Bertz CT molecular complexity index is 454. The molecule has 1 aliphatic rings. The average molecular weight is 264 g/mol. The molecule has 0 aliphatic carbocycles. The third-order valence-corrected chi connectivity index (χ3v) is 3.59. The van der Waals surface area contributed by atoms with E-state index in [2.05, 4.69) is 9.80 Å². The maximum Gasteiger partial charge on any atom is 0.335 e. The molecule has 0 amide bonds. The van der Waals surface area contributed by atoms with Crippen molar-refractivity contribution in [2.24, 2.45) is 0 Å². The summed E-state index contributed by atoms with van der Waals surface area (Å²) in [4.78, 5) is 15.5. The van der Waals surface area contributed by atoms with Gasteiger partial charge in [0.05, 0.1) is 12.2 Å². The highest BCUT2D eigenvalue weighted by molar-refractivity contribution is 5.89. The van der Waals surface area contributed by atoms with Crippen molar-refractivity contribution >= 4 is 11.7 Å². The first-order valence-corrected chi connectivity index (χ1v) is 6.54. The van der Waals surface area contributed by atoms with Crippen molar-refractivity contribution in [2.45, 2.75) is 6.92 Å². The molecule has 19 heavy (non-hydrogen) atoms. The van der Waals surface area contributed by atoms with Crippen LogP contribution in [-0.2, 0) is 0 Å². The molecular weight excluding hydrogens is 244 g/mol. The molecule has 1 aromatic carbocycles. The number of carboxylic acid groups (broad SMARTS) is 1. The smallest absolute Gasteiger partial charge is 0.335 e. The number of piperazine rings is 1. The Balaban J connectivity index is 2.04. The number of carboxylic acids is 1. The minimum Gasteiger partial charge on any atom is -0.478 e. The van der Waals surface area contributed by atoms with E-state index >= 15 is 0 Å². The molecule has 0 radical (unpaired) electrons. The van der Waals surface area contributed by atoms with Crippen molar-refractivity contribution < 1.29 is 15.0 Å². The Morgan fingerprint density at radius 3 is 2.47 bits per heavy atom. The summed E-state index contributed by atoms with van der Waals surface area (Å²) in [5, 5.41) is 17.9. The van der Waals surface area contributed by atoms with Gasteiger partial charge in [-0.15, -0.1) is 0 Å². The van der Waals surface area contributed by atoms with Gasteiger partial charge in [0.1, 0.15) is 0 Å². The molecule has 1 aliphatic heterocycles. The Morgan fingerprint density at radius 1 is 1.26 bits per heavy atom. The monoisotopic (exact) mass is 264 g/mol. The zero-order valence-corrected chi connectivity index (χ0v) is 11.2. The predicted octanol–water partition coefficient (Wildman–Crippen LogP) is 0.808. The molecule has 0 bridgehead atoms. The number of aliphatic hydroxyl groups excluding tert-OH is 1. The molecule has 2 rings (SSSR count). The van der Waals surface area contributed by atoms with Gasteiger partial charge in [0.25, 0.3) is 0 Å². The standard InChI is InChI=1S/C14H20N2O3/c1-11-10-12(2-3-13(11)14(18)19)16-6-4-15(5-7-16)8-9-17/h2-3,10,17H,4-9H2,1H3,(H,18,19). The molecule has 1 aromatic rings. The van der Waals surface area contributed by atoms with E-state index in [9.17, 15) is 4.79 Å². The van der Waals surface area contributed by atoms with Gasteiger partial charge in [-0.1, -0.05) is 0 Å². The van der Waals surface area contributed by atoms with Gasteiger partial charge >= 0.3 is 5.97 Å². The van der Waals surface area contributed by atoms with Crippen LogP contribution in [-0.4, -0.2) is 60.4 Å². The van der Waals surface area contributed by atoms with E-state index in [-0.39, 0.29) is 6.61 Å². The number of aromatic carboxylic acids is 1. The molecule has 0 aromatic heterocycles. The molecule has 1 fully saturated rings. The molecule has 1 saturated heterocycles. The lowest BCUT2D eigenvalue weighted by molar-refractivity contribution is 0.0696. The molecule has 0 unspecified atom stereocenters. The number of carbonyl (C=O) groups is 1. The number of β-amino-alcohol motifs (C(OH)–C–C–N with tert-alkyl or cyclic N) is 1. The van der Waals surface area contributed by atoms with E-state index in [1.807, 2.05) is 19.1 Å². The van der Waals surface area contributed by atoms with E-state index in [1.54, 1.807) is 6.07 Å². The molecule has 0 saturated carbocycles. The largest absolute Gasteiger partial charge is 0.478 e. The van der Waals surface area contributed by atoms with Crippen LogP contribution in [0.4, 0.5) is 5.69 Å². The van der Waals surface area contributed by atoms with Crippen molar-refractivity contribution in [2.75, 3.05) is 44.2 Å². The van der Waals surface area contributed by atoms with Gasteiger partial charge in [-0.25, -0.2) is 4.79 Å². The number of benzene rings is 1. The first kappa shape index (κ1) is 13.8. The Morgan fingerprint density at radius 2 is 1.95 bits per heavy atom. The van der Waals surface area contributed by atoms with Crippen LogP contribution in [0, 0.1) is 6.92 Å². The second-order valence-electron chi connectivity index (χ2n) is 4.86. The number of anilines is 1. The fraction of sp³-hybridized carbons (Fsp3) is 0.500. The number of hydrogen-bond donors (Lipinski definition) is 2. The maximum absolute atomic E-state index is 11.0. The Labute approximate surface area is 113 Å². The number of aryl methyl sites for hydroxylation is 1. The van der Waals surface area contributed by atoms with Crippen LogP contribution in [0.3, 0.4) is 0 Å². The van der Waals surface area contributed by atoms with Crippen LogP contribution >= 0.6 is 0 Å². The van der Waals surface area contributed by atoms with Crippen molar-refractivity contribution in [1.82, 2.24) is 4.90 Å². The summed E-state index contributed by atoms with van der Waals surface area (Å²) in [7, 11) is 0. The van der Waals surface area contributed by atoms with E-state index in [1.165, 1.54) is 0 Å². The van der Waals surface area contributed by atoms with Crippen molar-refractivity contribution in [3.63, 3.8) is 0 Å². The van der Waals surface area contributed by atoms with Gasteiger partial charge < -0.3 is 15.1 Å². The minimum absolute atomic E-state index is 0.201. The molecule has 1 heterocycles. The summed E-state index contributed by atoms with van der Waals surface area (Å²) < 4.78 is 0.